The second-order valence-corrected chi connectivity index (χ2v) is 4.75. The first-order chi connectivity index (χ1) is 10.5. The molecule has 0 spiro atoms. The number of nitrogen functional groups attached to an aromatic ring is 2. The number of rotatable bonds is 2. The average molecular weight is 296 g/mol. The van der Waals surface area contributed by atoms with Crippen LogP contribution in [0.15, 0.2) is 42.6 Å². The highest BCUT2D eigenvalue weighted by Crippen LogP contribution is 2.41. The summed E-state index contributed by atoms with van der Waals surface area (Å²) in [4.78, 5) is 14.6. The molecule has 0 amide bonds. The van der Waals surface area contributed by atoms with E-state index in [9.17, 15) is 15.2 Å². The molecule has 0 aliphatic rings. The molecule has 0 radical (unpaired) electrons. The summed E-state index contributed by atoms with van der Waals surface area (Å²) in [5, 5.41) is 21.6. The van der Waals surface area contributed by atoms with Crippen LogP contribution in [0.2, 0.25) is 0 Å². The number of pyridine rings is 1. The summed E-state index contributed by atoms with van der Waals surface area (Å²) < 4.78 is 0. The number of benzene rings is 2. The highest BCUT2D eigenvalue weighted by Gasteiger charge is 2.20. The maximum Gasteiger partial charge on any atom is 0.292 e. The van der Waals surface area contributed by atoms with Crippen molar-refractivity contribution in [2.24, 2.45) is 0 Å². The molecule has 0 aliphatic carbocycles. The Hall–Kier alpha value is -3.35. The largest absolute Gasteiger partial charge is 0.506 e. The van der Waals surface area contributed by atoms with Crippen molar-refractivity contribution < 1.29 is 10.0 Å². The van der Waals surface area contributed by atoms with Crippen molar-refractivity contribution in [3.8, 4) is 16.9 Å². The molecular formula is C15H12N4O3. The Morgan fingerprint density at radius 1 is 1.14 bits per heavy atom. The van der Waals surface area contributed by atoms with Crippen LogP contribution < -0.4 is 11.5 Å². The topological polar surface area (TPSA) is 128 Å². The molecule has 0 bridgehead atoms. The van der Waals surface area contributed by atoms with Gasteiger partial charge in [0.15, 0.2) is 0 Å². The van der Waals surface area contributed by atoms with E-state index < -0.39 is 4.92 Å². The monoisotopic (exact) mass is 296 g/mol. The van der Waals surface area contributed by atoms with Crippen LogP contribution in [0.3, 0.4) is 0 Å². The molecule has 7 nitrogen and oxygen atoms in total. The van der Waals surface area contributed by atoms with Gasteiger partial charge in [-0.1, -0.05) is 12.1 Å². The number of phenolic OH excluding ortho intramolecular Hbond substituents is 1. The summed E-state index contributed by atoms with van der Waals surface area (Å²) in [7, 11) is 0. The highest BCUT2D eigenvalue weighted by molar-refractivity contribution is 6.04. The van der Waals surface area contributed by atoms with Gasteiger partial charge in [-0.2, -0.15) is 0 Å². The molecule has 3 rings (SSSR count). The molecule has 0 unspecified atom stereocenters. The summed E-state index contributed by atoms with van der Waals surface area (Å²) in [5.74, 6) is 0.0157. The van der Waals surface area contributed by atoms with E-state index in [1.807, 2.05) is 0 Å². The number of nitro groups is 1. The number of nitrogens with zero attached hydrogens (tertiary/aromatic N) is 2. The van der Waals surface area contributed by atoms with Crippen LogP contribution in [0.1, 0.15) is 0 Å². The normalized spacial score (nSPS) is 10.7. The lowest BCUT2D eigenvalue weighted by atomic mass is 9.97. The van der Waals surface area contributed by atoms with Crippen molar-refractivity contribution in [1.82, 2.24) is 4.98 Å². The van der Waals surface area contributed by atoms with Gasteiger partial charge in [-0.05, 0) is 23.8 Å². The minimum Gasteiger partial charge on any atom is -0.506 e. The Balaban J connectivity index is 2.40. The molecule has 0 saturated carbocycles. The van der Waals surface area contributed by atoms with Crippen LogP contribution in [-0.2, 0) is 0 Å². The molecule has 2 aromatic carbocycles. The van der Waals surface area contributed by atoms with E-state index in [-0.39, 0.29) is 17.1 Å². The first-order valence-electron chi connectivity index (χ1n) is 6.40. The number of aromatic hydroxyl groups is 1. The minimum atomic E-state index is -0.556. The lowest BCUT2D eigenvalue weighted by Crippen LogP contribution is -2.02. The molecule has 0 fully saturated rings. The van der Waals surface area contributed by atoms with Crippen molar-refractivity contribution in [2.45, 2.75) is 0 Å². The number of hydrogen-bond donors (Lipinski definition) is 3. The van der Waals surface area contributed by atoms with Gasteiger partial charge in [0, 0.05) is 28.9 Å². The number of hydrogen-bond acceptors (Lipinski definition) is 6. The molecular weight excluding hydrogens is 284 g/mol. The van der Waals surface area contributed by atoms with Gasteiger partial charge >= 0.3 is 0 Å². The van der Waals surface area contributed by atoms with Crippen LogP contribution in [0.25, 0.3) is 22.0 Å². The summed E-state index contributed by atoms with van der Waals surface area (Å²) in [6, 6.07) is 9.29. The molecule has 3 aromatic rings. The van der Waals surface area contributed by atoms with Gasteiger partial charge in [-0.25, -0.2) is 0 Å². The Morgan fingerprint density at radius 2 is 1.91 bits per heavy atom. The smallest absolute Gasteiger partial charge is 0.292 e. The van der Waals surface area contributed by atoms with Gasteiger partial charge in [-0.3, -0.25) is 15.1 Å². The van der Waals surface area contributed by atoms with Crippen LogP contribution in [0.5, 0.6) is 5.75 Å². The molecule has 22 heavy (non-hydrogen) atoms. The van der Waals surface area contributed by atoms with Crippen LogP contribution >= 0.6 is 0 Å². The van der Waals surface area contributed by atoms with E-state index >= 15 is 0 Å². The van der Waals surface area contributed by atoms with Crippen molar-refractivity contribution in [2.75, 3.05) is 11.5 Å². The van der Waals surface area contributed by atoms with E-state index in [1.54, 1.807) is 18.2 Å². The summed E-state index contributed by atoms with van der Waals surface area (Å²) >= 11 is 0. The van der Waals surface area contributed by atoms with Gasteiger partial charge in [0.25, 0.3) is 5.69 Å². The Morgan fingerprint density at radius 3 is 2.64 bits per heavy atom. The third-order valence-corrected chi connectivity index (χ3v) is 3.47. The fraction of sp³-hybridized carbons (Fsp3) is 0. The van der Waals surface area contributed by atoms with E-state index in [4.69, 9.17) is 11.5 Å². The van der Waals surface area contributed by atoms with Gasteiger partial charge in [-0.15, -0.1) is 0 Å². The second-order valence-electron chi connectivity index (χ2n) is 4.75. The lowest BCUT2D eigenvalue weighted by molar-refractivity contribution is -0.383. The van der Waals surface area contributed by atoms with Crippen LogP contribution in [0, 0.1) is 10.1 Å². The molecule has 1 heterocycles. The van der Waals surface area contributed by atoms with Crippen molar-refractivity contribution in [3.63, 3.8) is 0 Å². The summed E-state index contributed by atoms with van der Waals surface area (Å²) in [5.41, 5.74) is 13.3. The first kappa shape index (κ1) is 13.6. The Labute approximate surface area is 125 Å². The van der Waals surface area contributed by atoms with Crippen molar-refractivity contribution in [1.29, 1.82) is 0 Å². The lowest BCUT2D eigenvalue weighted by Gasteiger charge is -2.12. The number of fused-ring (bicyclic) bond motifs is 1. The standard InChI is InChI=1S/C15H12N4O3/c16-10-4-5-11(19(21)22)14(17)13(10)8-6-7-18-15-9(8)2-1-3-12(15)20/h1-7,20H,16-17H2. The second kappa shape index (κ2) is 4.88. The molecule has 7 heteroatoms. The Bertz CT molecular complexity index is 909. The number of nitrogens with two attached hydrogens (primary N) is 2. The van der Waals surface area contributed by atoms with Crippen LogP contribution in [-0.4, -0.2) is 15.0 Å². The third-order valence-electron chi connectivity index (χ3n) is 3.47. The van der Waals surface area contributed by atoms with Crippen LogP contribution in [0.4, 0.5) is 17.1 Å². The molecule has 0 aliphatic heterocycles. The maximum atomic E-state index is 11.1. The summed E-state index contributed by atoms with van der Waals surface area (Å²) in [6.45, 7) is 0. The third kappa shape index (κ3) is 1.96. The zero-order valence-electron chi connectivity index (χ0n) is 11.4. The average Bonchev–Trinajstić information content (AvgIpc) is 2.48. The quantitative estimate of drug-likeness (QED) is 0.379. The van der Waals surface area contributed by atoms with Gasteiger partial charge in [0.2, 0.25) is 0 Å². The molecule has 0 atom stereocenters. The zero-order valence-corrected chi connectivity index (χ0v) is 11.4. The first-order valence-corrected chi connectivity index (χ1v) is 6.40. The number of para-hydroxylation sites is 1. The fourth-order valence-corrected chi connectivity index (χ4v) is 2.46. The molecule has 5 N–H and O–H groups in total. The number of phenols is 1. The van der Waals surface area contributed by atoms with E-state index in [1.165, 1.54) is 24.4 Å². The zero-order chi connectivity index (χ0) is 15.9. The minimum absolute atomic E-state index is 0.0131. The predicted molar refractivity (Wildman–Crippen MR) is 84.3 cm³/mol. The number of aromatic nitrogens is 1. The molecule has 110 valence electrons. The highest BCUT2D eigenvalue weighted by atomic mass is 16.6. The van der Waals surface area contributed by atoms with Gasteiger partial charge in [0.05, 0.1) is 4.92 Å². The number of nitro benzene ring substituents is 1. The summed E-state index contributed by atoms with van der Waals surface area (Å²) in [6.07, 6.45) is 1.50. The maximum absolute atomic E-state index is 11.1. The van der Waals surface area contributed by atoms with E-state index in [0.717, 1.165) is 0 Å². The van der Waals surface area contributed by atoms with Crippen molar-refractivity contribution >= 4 is 28.0 Å². The van der Waals surface area contributed by atoms with E-state index in [2.05, 4.69) is 4.98 Å². The fourth-order valence-electron chi connectivity index (χ4n) is 2.46. The van der Waals surface area contributed by atoms with Gasteiger partial charge in [0.1, 0.15) is 17.0 Å². The van der Waals surface area contributed by atoms with Crippen molar-refractivity contribution in [3.05, 3.63) is 52.7 Å². The molecule has 1 aromatic heterocycles. The number of anilines is 2. The Kier molecular flexibility index (Phi) is 3.03. The van der Waals surface area contributed by atoms with Gasteiger partial charge < -0.3 is 16.6 Å². The molecule has 0 saturated heterocycles. The predicted octanol–water partition coefficient (Wildman–Crippen LogP) is 2.68. The van der Waals surface area contributed by atoms with E-state index in [0.29, 0.717) is 27.7 Å². The SMILES string of the molecule is Nc1ccc([N+](=O)[O-])c(N)c1-c1ccnc2c(O)cccc12.